The van der Waals surface area contributed by atoms with Crippen molar-refractivity contribution in [2.75, 3.05) is 38.1 Å². The van der Waals surface area contributed by atoms with E-state index in [1.54, 1.807) is 0 Å². The average molecular weight is 545 g/mol. The maximum Gasteiger partial charge on any atom is 0.135 e. The second-order valence-electron chi connectivity index (χ2n) is 16.7. The lowest BCUT2D eigenvalue weighted by Crippen LogP contribution is -2.64. The number of nitrogens with zero attached hydrogens (tertiary/aromatic N) is 4. The van der Waals surface area contributed by atoms with E-state index in [1.165, 1.54) is 62.0 Å². The molecule has 0 spiro atoms. The summed E-state index contributed by atoms with van der Waals surface area (Å²) in [6.07, 6.45) is 15.6. The summed E-state index contributed by atoms with van der Waals surface area (Å²) < 4.78 is 0. The van der Waals surface area contributed by atoms with Gasteiger partial charge >= 0.3 is 0 Å². The van der Waals surface area contributed by atoms with Gasteiger partial charge in [-0.1, -0.05) is 66.5 Å². The molecule has 0 aromatic carbocycles. The number of piperazine rings is 1. The Morgan fingerprint density at radius 1 is 0.850 bits per heavy atom. The van der Waals surface area contributed by atoms with Gasteiger partial charge in [-0.3, -0.25) is 0 Å². The first-order valence-corrected chi connectivity index (χ1v) is 16.9. The van der Waals surface area contributed by atoms with E-state index in [9.17, 15) is 0 Å². The molecule has 4 fully saturated rings. The molecule has 1 aromatic heterocycles. The van der Waals surface area contributed by atoms with Gasteiger partial charge in [-0.2, -0.15) is 0 Å². The fraction of sp³-hybridized carbons (Fsp3) is 0.833. The first kappa shape index (κ1) is 27.4. The number of allylic oxidation sites excluding steroid dienone is 2. The smallest absolute Gasteiger partial charge is 0.135 e. The number of hydrogen-bond donors (Lipinski definition) is 0. The molecule has 1 aliphatic heterocycles. The SMILES string of the molecule is C[C@@H]1[C@H]2C3=CC[C@@H]4[C@@]5(C)Cc6c(N7CCN(C)CC7)ncnc6C(C)(C)[C@@H]5CC[C@@]4(C)[C@]3(C)CC[C@@H]2CC[C@H]1C. The van der Waals surface area contributed by atoms with Gasteiger partial charge in [-0.05, 0) is 104 Å². The van der Waals surface area contributed by atoms with E-state index in [-0.39, 0.29) is 10.8 Å². The summed E-state index contributed by atoms with van der Waals surface area (Å²) in [5.74, 6) is 6.10. The lowest BCUT2D eigenvalue weighted by Gasteiger charge is -2.70. The van der Waals surface area contributed by atoms with Crippen molar-refractivity contribution in [1.29, 1.82) is 0 Å². The Hall–Kier alpha value is -1.42. The molecule has 4 heteroatoms. The van der Waals surface area contributed by atoms with E-state index in [2.05, 4.69) is 71.4 Å². The van der Waals surface area contributed by atoms with Crippen LogP contribution in [0, 0.1) is 51.8 Å². The summed E-state index contributed by atoms with van der Waals surface area (Å²) in [5.41, 5.74) is 5.79. The maximum absolute atomic E-state index is 5.07. The van der Waals surface area contributed by atoms with Crippen LogP contribution in [0.25, 0.3) is 0 Å². The second-order valence-corrected chi connectivity index (χ2v) is 16.7. The zero-order valence-electron chi connectivity index (χ0n) is 26.9. The summed E-state index contributed by atoms with van der Waals surface area (Å²) >= 11 is 0. The number of anilines is 1. The highest BCUT2D eigenvalue weighted by Gasteiger charge is 2.67. The Kier molecular flexibility index (Phi) is 6.20. The van der Waals surface area contributed by atoms with Crippen LogP contribution in [0.1, 0.15) is 105 Å². The molecule has 7 rings (SSSR count). The Balaban J connectivity index is 1.31. The van der Waals surface area contributed by atoms with E-state index in [0.717, 1.165) is 56.3 Å². The van der Waals surface area contributed by atoms with Crippen LogP contribution in [0.15, 0.2) is 18.0 Å². The number of rotatable bonds is 1. The molecule has 5 aliphatic carbocycles. The highest BCUT2D eigenvalue weighted by atomic mass is 15.3. The minimum atomic E-state index is 0.0732. The highest BCUT2D eigenvalue weighted by molar-refractivity contribution is 5.53. The molecule has 1 saturated heterocycles. The van der Waals surface area contributed by atoms with E-state index < -0.39 is 0 Å². The maximum atomic E-state index is 5.07. The molecular weight excluding hydrogens is 488 g/mol. The van der Waals surface area contributed by atoms with Gasteiger partial charge in [-0.25, -0.2) is 9.97 Å². The Morgan fingerprint density at radius 2 is 1.60 bits per heavy atom. The molecule has 9 atom stereocenters. The minimum absolute atomic E-state index is 0.0732. The van der Waals surface area contributed by atoms with E-state index in [0.29, 0.717) is 22.7 Å². The van der Waals surface area contributed by atoms with Crippen LogP contribution in [0.5, 0.6) is 0 Å². The minimum Gasteiger partial charge on any atom is -0.354 e. The predicted octanol–water partition coefficient (Wildman–Crippen LogP) is 7.53. The van der Waals surface area contributed by atoms with Crippen LogP contribution in [0.2, 0.25) is 0 Å². The summed E-state index contributed by atoms with van der Waals surface area (Å²) in [6.45, 7) is 22.8. The van der Waals surface area contributed by atoms with Gasteiger partial charge in [0.1, 0.15) is 12.1 Å². The van der Waals surface area contributed by atoms with Crippen molar-refractivity contribution in [3.8, 4) is 0 Å². The fourth-order valence-corrected chi connectivity index (χ4v) is 12.3. The van der Waals surface area contributed by atoms with Gasteiger partial charge in [0.2, 0.25) is 0 Å². The van der Waals surface area contributed by atoms with Crippen molar-refractivity contribution < 1.29 is 0 Å². The van der Waals surface area contributed by atoms with Gasteiger partial charge < -0.3 is 9.80 Å². The van der Waals surface area contributed by atoms with Crippen molar-refractivity contribution in [2.24, 2.45) is 51.8 Å². The molecule has 1 aromatic rings. The first-order valence-electron chi connectivity index (χ1n) is 16.9. The summed E-state index contributed by atoms with van der Waals surface area (Å²) in [7, 11) is 2.25. The van der Waals surface area contributed by atoms with Crippen molar-refractivity contribution in [2.45, 2.75) is 105 Å². The molecule has 0 bridgehead atoms. The van der Waals surface area contributed by atoms with Crippen LogP contribution in [0.4, 0.5) is 5.82 Å². The molecule has 3 saturated carbocycles. The van der Waals surface area contributed by atoms with E-state index in [4.69, 9.17) is 9.97 Å². The molecule has 220 valence electrons. The largest absolute Gasteiger partial charge is 0.354 e. The van der Waals surface area contributed by atoms with Gasteiger partial charge in [0.25, 0.3) is 0 Å². The van der Waals surface area contributed by atoms with Crippen LogP contribution >= 0.6 is 0 Å². The summed E-state index contributed by atoms with van der Waals surface area (Å²) in [4.78, 5) is 15.1. The normalized spacial score (nSPS) is 46.3. The predicted molar refractivity (Wildman–Crippen MR) is 165 cm³/mol. The molecule has 4 nitrogen and oxygen atoms in total. The van der Waals surface area contributed by atoms with Crippen molar-refractivity contribution >= 4 is 5.82 Å². The third-order valence-electron chi connectivity index (χ3n) is 14.9. The third kappa shape index (κ3) is 3.53. The third-order valence-corrected chi connectivity index (χ3v) is 14.9. The summed E-state index contributed by atoms with van der Waals surface area (Å²) in [6, 6.07) is 0. The first-order chi connectivity index (χ1) is 18.9. The Morgan fingerprint density at radius 3 is 2.35 bits per heavy atom. The molecule has 6 aliphatic rings. The second kappa shape index (κ2) is 9.04. The number of fused-ring (bicyclic) bond motifs is 8. The molecule has 0 unspecified atom stereocenters. The summed E-state index contributed by atoms with van der Waals surface area (Å²) in [5, 5.41) is 0. The lowest BCUT2D eigenvalue weighted by molar-refractivity contribution is -0.153. The molecular formula is C36H56N4. The zero-order valence-corrected chi connectivity index (χ0v) is 26.9. The van der Waals surface area contributed by atoms with Gasteiger partial charge in [0, 0.05) is 37.2 Å². The van der Waals surface area contributed by atoms with Crippen molar-refractivity contribution in [3.05, 3.63) is 29.2 Å². The highest BCUT2D eigenvalue weighted by Crippen LogP contribution is 2.74. The number of likely N-dealkylation sites (N-methyl/N-ethyl adjacent to an activating group) is 1. The van der Waals surface area contributed by atoms with E-state index in [1.807, 2.05) is 11.9 Å². The van der Waals surface area contributed by atoms with Gasteiger partial charge in [-0.15, -0.1) is 0 Å². The van der Waals surface area contributed by atoms with Crippen LogP contribution in [-0.4, -0.2) is 48.1 Å². The molecule has 0 radical (unpaired) electrons. The molecule has 0 N–H and O–H groups in total. The molecule has 2 heterocycles. The Labute approximate surface area is 244 Å². The number of aromatic nitrogens is 2. The lowest BCUT2D eigenvalue weighted by atomic mass is 9.34. The Bertz CT molecular complexity index is 1190. The molecule has 0 amide bonds. The van der Waals surface area contributed by atoms with Crippen LogP contribution < -0.4 is 4.90 Å². The van der Waals surface area contributed by atoms with Crippen molar-refractivity contribution in [3.63, 3.8) is 0 Å². The zero-order chi connectivity index (χ0) is 28.2. The topological polar surface area (TPSA) is 32.3 Å². The van der Waals surface area contributed by atoms with Crippen LogP contribution in [0.3, 0.4) is 0 Å². The monoisotopic (exact) mass is 544 g/mol. The van der Waals surface area contributed by atoms with Gasteiger partial charge in [0.05, 0.1) is 5.69 Å². The molecule has 40 heavy (non-hydrogen) atoms. The quantitative estimate of drug-likeness (QED) is 0.342. The fourth-order valence-electron chi connectivity index (χ4n) is 12.3. The standard InChI is InChI=1S/C36H56N4/c1-23-9-10-25-13-15-35(6)27(30(25)24(23)2)11-12-29-34(5)21-26-31(33(3,4)28(34)14-16-36(29,35)7)37-22-38-32(26)40-19-17-39(8)18-20-40/h11,22-25,28-30H,9-10,12-21H2,1-8H3/t23-,24+,25+,28+,29-,30-,34+,35-,36-/m1/s1. The van der Waals surface area contributed by atoms with Crippen LogP contribution in [-0.2, 0) is 11.8 Å². The van der Waals surface area contributed by atoms with Crippen molar-refractivity contribution in [1.82, 2.24) is 14.9 Å². The number of hydrogen-bond acceptors (Lipinski definition) is 4. The van der Waals surface area contributed by atoms with E-state index >= 15 is 0 Å². The average Bonchev–Trinajstić information content (AvgIpc) is 2.91. The van der Waals surface area contributed by atoms with Gasteiger partial charge in [0.15, 0.2) is 0 Å².